The quantitative estimate of drug-likeness (QED) is 0.295. The molecule has 8 aliphatic heterocycles. The Labute approximate surface area is 310 Å². The van der Waals surface area contributed by atoms with Gasteiger partial charge in [0, 0.05) is 49.6 Å². The summed E-state index contributed by atoms with van der Waals surface area (Å²) in [5.74, 6) is 2.08. The van der Waals surface area contributed by atoms with Crippen molar-refractivity contribution >= 4 is 24.1 Å². The van der Waals surface area contributed by atoms with Crippen molar-refractivity contribution in [1.29, 1.82) is 0 Å². The maximum Gasteiger partial charge on any atom is 0.236 e. The summed E-state index contributed by atoms with van der Waals surface area (Å²) in [6, 6.07) is 0. The molecule has 3 unspecified atom stereocenters. The van der Waals surface area contributed by atoms with Crippen LogP contribution in [-0.4, -0.2) is 94.8 Å². The Morgan fingerprint density at radius 2 is 1.47 bits per heavy atom. The van der Waals surface area contributed by atoms with Gasteiger partial charge >= 0.3 is 0 Å². The second-order valence-corrected chi connectivity index (χ2v) is 10.6. The second kappa shape index (κ2) is 18.1. The van der Waals surface area contributed by atoms with E-state index in [-0.39, 0.29) is 18.9 Å². The van der Waals surface area contributed by atoms with Crippen LogP contribution in [0.2, 0.25) is 0 Å². The number of aliphatic hydroxyl groups excluding tert-OH is 1. The zero-order chi connectivity index (χ0) is 38.4. The van der Waals surface area contributed by atoms with Gasteiger partial charge in [-0.25, -0.2) is 34.9 Å². The number of hydroxylamine groups is 1. The van der Waals surface area contributed by atoms with Crippen LogP contribution in [0.25, 0.3) is 0 Å². The van der Waals surface area contributed by atoms with Crippen molar-refractivity contribution in [2.24, 2.45) is 60.9 Å². The number of hydrazone groups is 1. The highest BCUT2D eigenvalue weighted by molar-refractivity contribution is 6.22. The number of fused-ring (bicyclic) bond motifs is 5. The topological polar surface area (TPSA) is 276 Å². The lowest BCUT2D eigenvalue weighted by Crippen LogP contribution is -2.44. The van der Waals surface area contributed by atoms with Crippen LogP contribution in [0.4, 0.5) is 0 Å². The van der Waals surface area contributed by atoms with Gasteiger partial charge < -0.3 is 14.8 Å². The smallest absolute Gasteiger partial charge is 0.236 e. The molecule has 8 aliphatic rings. The van der Waals surface area contributed by atoms with Crippen LogP contribution in [-0.2, 0) is 9.68 Å². The Balaban J connectivity index is 0.000000117. The first-order valence-corrected chi connectivity index (χ1v) is 16.0. The van der Waals surface area contributed by atoms with Gasteiger partial charge in [0.1, 0.15) is 0 Å². The van der Waals surface area contributed by atoms with Gasteiger partial charge in [-0.2, -0.15) is 15.2 Å². The van der Waals surface area contributed by atoms with E-state index in [1.807, 2.05) is 36.7 Å². The molecule has 280 valence electrons. The lowest BCUT2D eigenvalue weighted by atomic mass is 10.4. The highest BCUT2D eigenvalue weighted by Crippen LogP contribution is 2.13. The molecule has 10 rings (SSSR count). The van der Waals surface area contributed by atoms with Crippen molar-refractivity contribution in [3.63, 3.8) is 0 Å². The number of nitrogens with zero attached hydrogens (tertiary/aromatic N) is 20. The molecule has 55 heavy (non-hydrogen) atoms. The Hall–Kier alpha value is -7.80. The molecule has 0 saturated carbocycles. The molecule has 0 fully saturated rings. The van der Waals surface area contributed by atoms with Crippen LogP contribution in [0.5, 0.6) is 0 Å². The average molecular weight is 749 g/mol. The van der Waals surface area contributed by atoms with Gasteiger partial charge in [0.25, 0.3) is 0 Å². The molecule has 25 nitrogen and oxygen atoms in total. The van der Waals surface area contributed by atoms with Gasteiger partial charge in [-0.15, -0.1) is 31.0 Å². The van der Waals surface area contributed by atoms with Crippen LogP contribution >= 0.6 is 0 Å². The van der Waals surface area contributed by atoms with Crippen LogP contribution in [0.3, 0.4) is 0 Å². The minimum absolute atomic E-state index is 0.251. The van der Waals surface area contributed by atoms with Crippen molar-refractivity contribution in [2.75, 3.05) is 6.54 Å². The van der Waals surface area contributed by atoms with Gasteiger partial charge in [-0.1, -0.05) is 11.7 Å². The zero-order valence-corrected chi connectivity index (χ0v) is 29.1. The third kappa shape index (κ3) is 10.6. The molecule has 0 spiro atoms. The van der Waals surface area contributed by atoms with E-state index in [4.69, 9.17) is 14.8 Å². The first-order chi connectivity index (χ1) is 26.8. The summed E-state index contributed by atoms with van der Waals surface area (Å²) in [5.41, 5.74) is 7.44. The summed E-state index contributed by atoms with van der Waals surface area (Å²) in [6.07, 6.45) is 22.8. The fraction of sp³-hybridized carbons (Fsp3) is 0.200. The first kappa shape index (κ1) is 37.0. The van der Waals surface area contributed by atoms with Gasteiger partial charge in [0.15, 0.2) is 46.3 Å². The zero-order valence-electron chi connectivity index (χ0n) is 29.1. The molecule has 3 N–H and O–H groups in total. The standard InChI is InChI=1S/2C6H7N5.3C6H6N4O/c2*1-6-7-9-11-5-3-2-4-10(11)8-6;2*1-4-9-5-6(10-11-4)8-3-2-7-5;11-4-3-9-5-6(10-4)8-2-1-7-5/h2-5H,1H3;2-5,8H,1H2;2-4H,1H3;2-3,6,10H,1H2;1-2,4,11H,3H2. The van der Waals surface area contributed by atoms with E-state index in [2.05, 4.69) is 105 Å². The maximum absolute atomic E-state index is 9.03. The van der Waals surface area contributed by atoms with E-state index < -0.39 is 6.23 Å². The Kier molecular flexibility index (Phi) is 12.2. The molecule has 0 amide bonds. The minimum Gasteiger partial charge on any atom is -0.386 e. The monoisotopic (exact) mass is 748 g/mol. The molecule has 3 atom stereocenters. The number of aliphatic hydroxyl groups is 1. The molecule has 0 saturated heterocycles. The molecular weight excluding hydrogens is 716 g/mol. The lowest BCUT2D eigenvalue weighted by Gasteiger charge is -2.32. The van der Waals surface area contributed by atoms with Gasteiger partial charge in [-0.3, -0.25) is 15.4 Å². The largest absolute Gasteiger partial charge is 0.386 e. The predicted molar refractivity (Wildman–Crippen MR) is 191 cm³/mol. The highest BCUT2D eigenvalue weighted by Gasteiger charge is 2.21. The maximum atomic E-state index is 9.03. The summed E-state index contributed by atoms with van der Waals surface area (Å²) in [6.45, 7) is 11.0. The van der Waals surface area contributed by atoms with Crippen molar-refractivity contribution in [2.45, 2.75) is 32.5 Å². The third-order valence-corrected chi connectivity index (χ3v) is 6.44. The van der Waals surface area contributed by atoms with E-state index in [1.54, 1.807) is 77.7 Å². The van der Waals surface area contributed by atoms with Crippen molar-refractivity contribution in [3.05, 3.63) is 121 Å². The van der Waals surface area contributed by atoms with E-state index in [1.165, 1.54) is 6.20 Å². The molecule has 0 aromatic carbocycles. The number of hydrogen-bond donors (Lipinski definition) is 3. The molecule has 2 aromatic heterocycles. The van der Waals surface area contributed by atoms with Gasteiger partial charge in [-0.05, 0) is 55.2 Å². The van der Waals surface area contributed by atoms with Gasteiger partial charge in [0.2, 0.25) is 17.6 Å². The summed E-state index contributed by atoms with van der Waals surface area (Å²) >= 11 is 0. The summed E-state index contributed by atoms with van der Waals surface area (Å²) < 4.78 is 0. The third-order valence-electron chi connectivity index (χ3n) is 6.44. The van der Waals surface area contributed by atoms with Crippen LogP contribution in [0, 0.1) is 0 Å². The van der Waals surface area contributed by atoms with Crippen molar-refractivity contribution in [3.8, 4) is 0 Å². The molecule has 0 aliphatic carbocycles. The summed E-state index contributed by atoms with van der Waals surface area (Å²) in [7, 11) is 0. The van der Waals surface area contributed by atoms with Crippen LogP contribution in [0.1, 0.15) is 13.8 Å². The van der Waals surface area contributed by atoms with Gasteiger partial charge in [0.05, 0.1) is 18.9 Å². The normalized spacial score (nSPS) is 22.0. The summed E-state index contributed by atoms with van der Waals surface area (Å²) in [4.78, 5) is 49.1. The van der Waals surface area contributed by atoms with E-state index in [0.29, 0.717) is 45.3 Å². The summed E-state index contributed by atoms with van der Waals surface area (Å²) in [5, 5.41) is 38.4. The minimum atomic E-state index is -0.751. The fourth-order valence-electron chi connectivity index (χ4n) is 4.13. The number of amidine groups is 2. The molecule has 2 aromatic rings. The molecule has 0 radical (unpaired) electrons. The predicted octanol–water partition coefficient (Wildman–Crippen LogP) is -0.909. The Bertz CT molecular complexity index is 2230. The molecule has 25 heteroatoms. The van der Waals surface area contributed by atoms with E-state index in [9.17, 15) is 0 Å². The number of rotatable bonds is 0. The molecule has 10 heterocycles. The Morgan fingerprint density at radius 1 is 0.800 bits per heavy atom. The van der Waals surface area contributed by atoms with Crippen LogP contribution < -0.4 is 32.9 Å². The van der Waals surface area contributed by atoms with Crippen molar-refractivity contribution < 1.29 is 14.8 Å². The fourth-order valence-corrected chi connectivity index (χ4v) is 4.13. The number of aromatic nitrogens is 4. The Morgan fingerprint density at radius 3 is 2.27 bits per heavy atom. The molecule has 0 bridgehead atoms. The average Bonchev–Trinajstić information content (AvgIpc) is 3.21. The van der Waals surface area contributed by atoms with E-state index in [0.717, 1.165) is 0 Å². The number of allylic oxidation sites excluding steroid dienone is 4. The number of nitrogens with one attached hydrogen (secondary N) is 2. The first-order valence-electron chi connectivity index (χ1n) is 16.0. The van der Waals surface area contributed by atoms with Crippen LogP contribution in [0.15, 0.2) is 160 Å². The molecular formula is C30H32N22O3. The van der Waals surface area contributed by atoms with Crippen molar-refractivity contribution in [1.82, 2.24) is 51.3 Å². The number of hydrazine groups is 3. The SMILES string of the molecule is C=C1N=C2N=CC=NC2NO1.C=C1N=NN2C=CC=CN2N1.CC1=NN2C=CC=CN2N=N1.CC1N=c2nccnc2=NO1.OC1CN=c2nccnc2=N1. The number of hydrogen-bond acceptors (Lipinski definition) is 25. The second-order valence-electron chi connectivity index (χ2n) is 10.6. The lowest BCUT2D eigenvalue weighted by molar-refractivity contribution is 0.00816. The van der Waals surface area contributed by atoms with E-state index >= 15 is 0 Å². The number of aliphatic imine (C=N–C) groups is 3. The highest BCUT2D eigenvalue weighted by atomic mass is 16.7.